The van der Waals surface area contributed by atoms with Gasteiger partial charge in [0.1, 0.15) is 0 Å². The SMILES string of the molecule is NCc1cc#ccc1Br. The summed E-state index contributed by atoms with van der Waals surface area (Å²) in [6.45, 7) is 0.547. The zero-order valence-electron chi connectivity index (χ0n) is 4.82. The van der Waals surface area contributed by atoms with Gasteiger partial charge >= 0.3 is 0 Å². The average Bonchev–Trinajstić information content (AvgIpc) is 1.89. The molecule has 0 unspecified atom stereocenters. The molecule has 1 nitrogen and oxygen atoms in total. The lowest BCUT2D eigenvalue weighted by molar-refractivity contribution is 1.06. The number of hydrogen-bond acceptors (Lipinski definition) is 1. The van der Waals surface area contributed by atoms with Crippen LogP contribution in [0, 0.1) is 12.1 Å². The Bertz CT molecular complexity index is 198. The molecule has 0 fully saturated rings. The van der Waals surface area contributed by atoms with Gasteiger partial charge < -0.3 is 5.73 Å². The van der Waals surface area contributed by atoms with E-state index < -0.39 is 0 Å². The van der Waals surface area contributed by atoms with E-state index in [-0.39, 0.29) is 0 Å². The van der Waals surface area contributed by atoms with E-state index in [9.17, 15) is 0 Å². The van der Waals surface area contributed by atoms with E-state index in [4.69, 9.17) is 5.73 Å². The van der Waals surface area contributed by atoms with Gasteiger partial charge in [-0.05, 0) is 27.6 Å². The summed E-state index contributed by atoms with van der Waals surface area (Å²) in [6.07, 6.45) is 0. The second-order valence-electron chi connectivity index (χ2n) is 1.65. The van der Waals surface area contributed by atoms with Crippen molar-refractivity contribution < 1.29 is 0 Å². The highest BCUT2D eigenvalue weighted by Crippen LogP contribution is 2.11. The molecule has 46 valence electrons. The van der Waals surface area contributed by atoms with Crippen LogP contribution < -0.4 is 5.73 Å². The molecular formula is C7H6BrN. The zero-order valence-corrected chi connectivity index (χ0v) is 6.40. The summed E-state index contributed by atoms with van der Waals surface area (Å²) >= 11 is 3.33. The summed E-state index contributed by atoms with van der Waals surface area (Å²) in [5, 5.41) is 0. The number of halogens is 1. The van der Waals surface area contributed by atoms with Crippen LogP contribution in [0.5, 0.6) is 0 Å². The maximum atomic E-state index is 5.39. The first kappa shape index (κ1) is 6.60. The van der Waals surface area contributed by atoms with E-state index in [2.05, 4.69) is 28.1 Å². The molecule has 0 amide bonds. The van der Waals surface area contributed by atoms with Crippen LogP contribution in [-0.2, 0) is 6.54 Å². The van der Waals surface area contributed by atoms with Gasteiger partial charge in [-0.3, -0.25) is 0 Å². The van der Waals surface area contributed by atoms with Gasteiger partial charge in [0.05, 0.1) is 0 Å². The first-order valence-electron chi connectivity index (χ1n) is 2.61. The van der Waals surface area contributed by atoms with Crippen LogP contribution in [0.1, 0.15) is 5.56 Å². The van der Waals surface area contributed by atoms with Crippen molar-refractivity contribution in [3.63, 3.8) is 0 Å². The maximum Gasteiger partial charge on any atom is 0.0310 e. The number of hydrogen-bond donors (Lipinski definition) is 1. The molecule has 2 heteroatoms. The van der Waals surface area contributed by atoms with Crippen molar-refractivity contribution in [2.45, 2.75) is 6.54 Å². The van der Waals surface area contributed by atoms with Crippen molar-refractivity contribution in [1.82, 2.24) is 0 Å². The highest BCUT2D eigenvalue weighted by molar-refractivity contribution is 9.10. The standard InChI is InChI=1S/C7H6BrN/c8-7-4-2-1-3-6(7)5-9/h3-4H,5,9H2. The van der Waals surface area contributed by atoms with Gasteiger partial charge in [0, 0.05) is 17.1 Å². The summed E-state index contributed by atoms with van der Waals surface area (Å²) in [6, 6.07) is 9.26. The highest BCUT2D eigenvalue weighted by Gasteiger charge is 1.91. The average molecular weight is 184 g/mol. The Balaban J connectivity index is 3.01. The molecule has 2 N–H and O–H groups in total. The fourth-order valence-corrected chi connectivity index (χ4v) is 0.943. The van der Waals surface area contributed by atoms with Crippen LogP contribution >= 0.6 is 15.9 Å². The van der Waals surface area contributed by atoms with Crippen molar-refractivity contribution in [3.05, 3.63) is 34.3 Å². The molecular weight excluding hydrogens is 178 g/mol. The predicted octanol–water partition coefficient (Wildman–Crippen LogP) is 1.51. The summed E-state index contributed by atoms with van der Waals surface area (Å²) in [5.74, 6) is 0. The van der Waals surface area contributed by atoms with E-state index in [1.807, 2.05) is 12.1 Å². The molecule has 0 aromatic heterocycles. The van der Waals surface area contributed by atoms with E-state index in [0.717, 1.165) is 10.0 Å². The molecule has 0 heterocycles. The normalized spacial score (nSPS) is 8.67. The zero-order chi connectivity index (χ0) is 6.69. The summed E-state index contributed by atoms with van der Waals surface area (Å²) in [7, 11) is 0. The summed E-state index contributed by atoms with van der Waals surface area (Å²) in [4.78, 5) is 0. The van der Waals surface area contributed by atoms with Crippen molar-refractivity contribution >= 4 is 15.9 Å². The largest absolute Gasteiger partial charge is 0.326 e. The van der Waals surface area contributed by atoms with Crippen LogP contribution in [0.15, 0.2) is 16.6 Å². The van der Waals surface area contributed by atoms with Crippen LogP contribution in [0.3, 0.4) is 0 Å². The van der Waals surface area contributed by atoms with Crippen molar-refractivity contribution in [3.8, 4) is 0 Å². The van der Waals surface area contributed by atoms with Gasteiger partial charge in [-0.15, -0.1) is 0 Å². The number of rotatable bonds is 1. The van der Waals surface area contributed by atoms with Gasteiger partial charge in [0.25, 0.3) is 0 Å². The molecule has 0 bridgehead atoms. The molecule has 9 heavy (non-hydrogen) atoms. The second kappa shape index (κ2) is 2.86. The van der Waals surface area contributed by atoms with Gasteiger partial charge in [0.15, 0.2) is 0 Å². The van der Waals surface area contributed by atoms with Gasteiger partial charge in [-0.2, -0.15) is 0 Å². The molecule has 0 saturated carbocycles. The van der Waals surface area contributed by atoms with E-state index in [1.54, 1.807) is 0 Å². The van der Waals surface area contributed by atoms with Crippen molar-refractivity contribution in [2.24, 2.45) is 5.73 Å². The Kier molecular flexibility index (Phi) is 2.10. The summed E-state index contributed by atoms with van der Waals surface area (Å²) in [5.41, 5.74) is 6.45. The monoisotopic (exact) mass is 183 g/mol. The minimum Gasteiger partial charge on any atom is -0.326 e. The Hall–Kier alpha value is -0.520. The third-order valence-electron chi connectivity index (χ3n) is 1.06. The summed E-state index contributed by atoms with van der Waals surface area (Å²) < 4.78 is 1.00. The number of nitrogens with two attached hydrogens (primary N) is 1. The fraction of sp³-hybridized carbons (Fsp3) is 0.143. The lowest BCUT2D eigenvalue weighted by atomic mass is 10.2. The minimum absolute atomic E-state index is 0.547. The van der Waals surface area contributed by atoms with E-state index >= 15 is 0 Å². The highest BCUT2D eigenvalue weighted by atomic mass is 79.9. The van der Waals surface area contributed by atoms with Gasteiger partial charge in [-0.25, -0.2) is 0 Å². The molecule has 0 saturated heterocycles. The Morgan fingerprint density at radius 3 is 2.56 bits per heavy atom. The van der Waals surface area contributed by atoms with Crippen molar-refractivity contribution in [2.75, 3.05) is 0 Å². The lowest BCUT2D eigenvalue weighted by Crippen LogP contribution is -1.95. The van der Waals surface area contributed by atoms with Crippen LogP contribution in [0.4, 0.5) is 0 Å². The second-order valence-corrected chi connectivity index (χ2v) is 2.51. The van der Waals surface area contributed by atoms with Crippen LogP contribution in [0.25, 0.3) is 0 Å². The molecule has 0 aliphatic heterocycles. The first-order valence-corrected chi connectivity index (χ1v) is 3.40. The molecule has 1 aromatic carbocycles. The maximum absolute atomic E-state index is 5.39. The smallest absolute Gasteiger partial charge is 0.0310 e. The van der Waals surface area contributed by atoms with Crippen LogP contribution in [0.2, 0.25) is 0 Å². The third kappa shape index (κ3) is 1.44. The first-order chi connectivity index (χ1) is 4.34. The molecule has 1 aromatic rings. The molecule has 0 radical (unpaired) electrons. The molecule has 1 rings (SSSR count). The molecule has 0 spiro atoms. The Morgan fingerprint density at radius 2 is 2.11 bits per heavy atom. The predicted molar refractivity (Wildman–Crippen MR) is 39.7 cm³/mol. The Morgan fingerprint density at radius 1 is 1.44 bits per heavy atom. The fourth-order valence-electron chi connectivity index (χ4n) is 0.552. The van der Waals surface area contributed by atoms with Crippen molar-refractivity contribution in [1.29, 1.82) is 0 Å². The van der Waals surface area contributed by atoms with Crippen LogP contribution in [-0.4, -0.2) is 0 Å². The molecule has 0 aliphatic carbocycles. The lowest BCUT2D eigenvalue weighted by Gasteiger charge is -1.93. The molecule has 0 aliphatic rings. The minimum atomic E-state index is 0.547. The van der Waals surface area contributed by atoms with Gasteiger partial charge in [0.2, 0.25) is 0 Å². The van der Waals surface area contributed by atoms with E-state index in [1.165, 1.54) is 0 Å². The Labute approximate surface area is 63.0 Å². The third-order valence-corrected chi connectivity index (χ3v) is 1.79. The topological polar surface area (TPSA) is 26.0 Å². The van der Waals surface area contributed by atoms with E-state index in [0.29, 0.717) is 6.54 Å². The van der Waals surface area contributed by atoms with Gasteiger partial charge in [-0.1, -0.05) is 12.1 Å². The quantitative estimate of drug-likeness (QED) is 0.703. The molecule has 0 atom stereocenters.